The number of ether oxygens (including phenoxy) is 3. The summed E-state index contributed by atoms with van der Waals surface area (Å²) in [5.41, 5.74) is 1.86. The molecule has 0 heterocycles. The van der Waals surface area contributed by atoms with E-state index in [1.807, 2.05) is 18.2 Å². The van der Waals surface area contributed by atoms with Crippen LogP contribution in [0.3, 0.4) is 0 Å². The number of carbonyl (C=O) groups excluding carboxylic acids is 2. The van der Waals surface area contributed by atoms with Gasteiger partial charge in [0.1, 0.15) is 5.82 Å². The Morgan fingerprint density at radius 1 is 1.02 bits per heavy atom. The Bertz CT molecular complexity index is 1150. The van der Waals surface area contributed by atoms with E-state index in [0.717, 1.165) is 49.4 Å². The third kappa shape index (κ3) is 8.81. The minimum Gasteiger partial charge on any atom is -0.469 e. The van der Waals surface area contributed by atoms with E-state index in [4.69, 9.17) is 25.8 Å². The normalized spacial score (nSPS) is 19.6. The molecule has 1 unspecified atom stereocenters. The highest BCUT2D eigenvalue weighted by atomic mass is 35.5. The molecule has 8 nitrogen and oxygen atoms in total. The van der Waals surface area contributed by atoms with Crippen LogP contribution in [0.1, 0.15) is 63.9 Å². The van der Waals surface area contributed by atoms with Crippen LogP contribution < -0.4 is 16.0 Å². The van der Waals surface area contributed by atoms with Gasteiger partial charge < -0.3 is 30.2 Å². The number of carbonyl (C=O) groups is 2. The number of halogens is 2. The van der Waals surface area contributed by atoms with Crippen molar-refractivity contribution in [3.05, 3.63) is 52.8 Å². The first-order chi connectivity index (χ1) is 19.1. The summed E-state index contributed by atoms with van der Waals surface area (Å²) >= 11 is 5.86. The summed E-state index contributed by atoms with van der Waals surface area (Å²) in [5.74, 6) is -0.838. The van der Waals surface area contributed by atoms with Crippen LogP contribution in [0.25, 0.3) is 0 Å². The van der Waals surface area contributed by atoms with Crippen LogP contribution in [-0.4, -0.2) is 51.6 Å². The zero-order valence-electron chi connectivity index (χ0n) is 23.9. The Morgan fingerprint density at radius 3 is 2.30 bits per heavy atom. The third-order valence-corrected chi connectivity index (χ3v) is 7.61. The summed E-state index contributed by atoms with van der Waals surface area (Å²) in [5, 5.41) is 9.45. The molecule has 1 aliphatic rings. The standard InChI is InChI=1S/C30H41ClFN3O5/c1-19(2)17-30(12-10-23(39-4)11-13-30)35-26-8-6-20(21(18-38-3)15-28(36)40-5)14-27(26)34-29(37)33-25-9-7-22(31)16-24(25)32/h6-9,14,16,19,21,23,35H,10-13,15,17-18H2,1-5H3,(H2,33,34,37). The van der Waals surface area contributed by atoms with Crippen LogP contribution in [0.5, 0.6) is 0 Å². The van der Waals surface area contributed by atoms with Crippen molar-refractivity contribution in [2.45, 2.75) is 69.9 Å². The number of hydrogen-bond donors (Lipinski definition) is 3. The number of nitrogens with one attached hydrogen (secondary N) is 3. The van der Waals surface area contributed by atoms with E-state index in [1.165, 1.54) is 19.2 Å². The van der Waals surface area contributed by atoms with Gasteiger partial charge in [0.2, 0.25) is 0 Å². The summed E-state index contributed by atoms with van der Waals surface area (Å²) in [6.45, 7) is 4.69. The van der Waals surface area contributed by atoms with Gasteiger partial charge >= 0.3 is 12.0 Å². The second kappa shape index (κ2) is 14.7. The lowest BCUT2D eigenvalue weighted by atomic mass is 9.75. The summed E-state index contributed by atoms with van der Waals surface area (Å²) in [6.07, 6.45) is 5.00. The first-order valence-electron chi connectivity index (χ1n) is 13.6. The molecule has 0 radical (unpaired) electrons. The van der Waals surface area contributed by atoms with Crippen molar-refractivity contribution in [3.8, 4) is 0 Å². The minimum absolute atomic E-state index is 0.00433. The molecule has 1 aliphatic carbocycles. The van der Waals surface area contributed by atoms with Crippen molar-refractivity contribution in [2.24, 2.45) is 5.92 Å². The molecular formula is C30H41ClFN3O5. The topological polar surface area (TPSA) is 97.9 Å². The molecule has 40 heavy (non-hydrogen) atoms. The molecule has 0 aliphatic heterocycles. The van der Waals surface area contributed by atoms with Crippen LogP contribution in [0.4, 0.5) is 26.2 Å². The molecular weight excluding hydrogens is 537 g/mol. The number of rotatable bonds is 12. The summed E-state index contributed by atoms with van der Waals surface area (Å²) in [4.78, 5) is 25.2. The minimum atomic E-state index is -0.640. The highest BCUT2D eigenvalue weighted by Gasteiger charge is 2.36. The maximum absolute atomic E-state index is 14.4. The van der Waals surface area contributed by atoms with Crippen LogP contribution >= 0.6 is 11.6 Å². The van der Waals surface area contributed by atoms with Crippen LogP contribution in [0.2, 0.25) is 5.02 Å². The Hall–Kier alpha value is -2.88. The summed E-state index contributed by atoms with van der Waals surface area (Å²) in [6, 6.07) is 9.11. The van der Waals surface area contributed by atoms with Gasteiger partial charge in [-0.3, -0.25) is 4.79 Å². The van der Waals surface area contributed by atoms with E-state index in [0.29, 0.717) is 18.2 Å². The maximum Gasteiger partial charge on any atom is 0.323 e. The lowest BCUT2D eigenvalue weighted by Gasteiger charge is -2.43. The molecule has 3 N–H and O–H groups in total. The van der Waals surface area contributed by atoms with Gasteiger partial charge in [0.15, 0.2) is 0 Å². The predicted octanol–water partition coefficient (Wildman–Crippen LogP) is 7.20. The van der Waals surface area contributed by atoms with E-state index in [2.05, 4.69) is 29.8 Å². The number of methoxy groups -OCH3 is 3. The average Bonchev–Trinajstić information content (AvgIpc) is 2.91. The molecule has 1 atom stereocenters. The van der Waals surface area contributed by atoms with Crippen molar-refractivity contribution in [1.82, 2.24) is 0 Å². The van der Waals surface area contributed by atoms with Crippen LogP contribution in [0.15, 0.2) is 36.4 Å². The molecule has 220 valence electrons. The van der Waals surface area contributed by atoms with Crippen LogP contribution in [0, 0.1) is 11.7 Å². The largest absolute Gasteiger partial charge is 0.469 e. The SMILES string of the molecule is COCC(CC(=O)OC)c1ccc(NC2(CC(C)C)CCC(OC)CC2)c(NC(=O)Nc2ccc(Cl)cc2F)c1. The zero-order valence-corrected chi connectivity index (χ0v) is 24.7. The van der Waals surface area contributed by atoms with Crippen molar-refractivity contribution in [1.29, 1.82) is 0 Å². The number of urea groups is 1. The van der Waals surface area contributed by atoms with Crippen molar-refractivity contribution in [2.75, 3.05) is 43.9 Å². The molecule has 1 saturated carbocycles. The van der Waals surface area contributed by atoms with Gasteiger partial charge in [0.25, 0.3) is 0 Å². The molecule has 0 spiro atoms. The number of anilines is 3. The molecule has 0 saturated heterocycles. The lowest BCUT2D eigenvalue weighted by Crippen LogP contribution is -2.44. The molecule has 3 rings (SSSR count). The molecule has 2 amide bonds. The smallest absolute Gasteiger partial charge is 0.323 e. The predicted molar refractivity (Wildman–Crippen MR) is 157 cm³/mol. The third-order valence-electron chi connectivity index (χ3n) is 7.37. The van der Waals surface area contributed by atoms with Crippen LogP contribution in [-0.2, 0) is 19.0 Å². The van der Waals surface area contributed by atoms with Gasteiger partial charge in [-0.05, 0) is 73.9 Å². The quantitative estimate of drug-likeness (QED) is 0.231. The first-order valence-corrected chi connectivity index (χ1v) is 14.0. The molecule has 0 aromatic heterocycles. The van der Waals surface area contributed by atoms with Gasteiger partial charge in [0.05, 0.1) is 43.3 Å². The van der Waals surface area contributed by atoms with E-state index in [9.17, 15) is 14.0 Å². The number of amides is 2. The molecule has 0 bridgehead atoms. The van der Waals surface area contributed by atoms with Crippen molar-refractivity contribution in [3.63, 3.8) is 0 Å². The molecule has 2 aromatic rings. The number of benzene rings is 2. The van der Waals surface area contributed by atoms with Gasteiger partial charge in [0, 0.05) is 30.7 Å². The number of esters is 1. The fourth-order valence-corrected chi connectivity index (χ4v) is 5.64. The second-order valence-corrected chi connectivity index (χ2v) is 11.3. The maximum atomic E-state index is 14.4. The molecule has 2 aromatic carbocycles. The Kier molecular flexibility index (Phi) is 11.6. The Balaban J connectivity index is 1.95. The Morgan fingerprint density at radius 2 is 1.70 bits per heavy atom. The Labute approximate surface area is 241 Å². The van der Waals surface area contributed by atoms with Gasteiger partial charge in [-0.1, -0.05) is 31.5 Å². The highest BCUT2D eigenvalue weighted by Crippen LogP contribution is 2.40. The summed E-state index contributed by atoms with van der Waals surface area (Å²) < 4.78 is 30.2. The van der Waals surface area contributed by atoms with Gasteiger partial charge in [-0.15, -0.1) is 0 Å². The zero-order chi connectivity index (χ0) is 29.3. The van der Waals surface area contributed by atoms with Gasteiger partial charge in [-0.25, -0.2) is 9.18 Å². The number of hydrogen-bond acceptors (Lipinski definition) is 6. The van der Waals surface area contributed by atoms with Gasteiger partial charge in [-0.2, -0.15) is 0 Å². The second-order valence-electron chi connectivity index (χ2n) is 10.9. The molecule has 1 fully saturated rings. The first kappa shape index (κ1) is 31.6. The summed E-state index contributed by atoms with van der Waals surface area (Å²) in [7, 11) is 4.67. The van der Waals surface area contributed by atoms with E-state index >= 15 is 0 Å². The van der Waals surface area contributed by atoms with E-state index in [-0.39, 0.29) is 40.7 Å². The monoisotopic (exact) mass is 577 g/mol. The van der Waals surface area contributed by atoms with Crippen molar-refractivity contribution < 1.29 is 28.2 Å². The van der Waals surface area contributed by atoms with E-state index in [1.54, 1.807) is 14.2 Å². The molecule has 10 heteroatoms. The highest BCUT2D eigenvalue weighted by molar-refractivity contribution is 6.30. The fourth-order valence-electron chi connectivity index (χ4n) is 5.48. The fraction of sp³-hybridized carbons (Fsp3) is 0.533. The van der Waals surface area contributed by atoms with Crippen molar-refractivity contribution >= 4 is 40.7 Å². The van der Waals surface area contributed by atoms with E-state index < -0.39 is 11.8 Å². The average molecular weight is 578 g/mol. The lowest BCUT2D eigenvalue weighted by molar-refractivity contribution is -0.141.